The molecule has 23 heavy (non-hydrogen) atoms. The van der Waals surface area contributed by atoms with Crippen molar-refractivity contribution < 1.29 is 19.4 Å². The molecule has 2 amide bonds. The summed E-state index contributed by atoms with van der Waals surface area (Å²) in [4.78, 5) is 25.9. The highest BCUT2D eigenvalue weighted by Crippen LogP contribution is 2.37. The van der Waals surface area contributed by atoms with E-state index in [1.54, 1.807) is 24.3 Å². The van der Waals surface area contributed by atoms with E-state index in [4.69, 9.17) is 16.3 Å². The first-order valence-electron chi connectivity index (χ1n) is 7.98. The smallest absolute Gasteiger partial charge is 0.233 e. The molecule has 0 unspecified atom stereocenters. The van der Waals surface area contributed by atoms with Gasteiger partial charge in [0.2, 0.25) is 11.8 Å². The van der Waals surface area contributed by atoms with E-state index in [2.05, 4.69) is 0 Å². The number of nitrogens with zero attached hydrogens (tertiary/aromatic N) is 1. The minimum Gasteiger partial charge on any atom is -0.491 e. The SMILES string of the molecule is O=C1[C@@H]2CCCC[C@H]2C(=O)N1C[C@@H](O)COc1ccc(Cl)cc1. The van der Waals surface area contributed by atoms with Crippen molar-refractivity contribution in [1.82, 2.24) is 4.90 Å². The maximum Gasteiger partial charge on any atom is 0.233 e. The van der Waals surface area contributed by atoms with Gasteiger partial charge in [-0.15, -0.1) is 0 Å². The number of halogens is 1. The zero-order valence-electron chi connectivity index (χ0n) is 12.8. The van der Waals surface area contributed by atoms with E-state index in [-0.39, 0.29) is 36.8 Å². The fraction of sp³-hybridized carbons (Fsp3) is 0.529. The lowest BCUT2D eigenvalue weighted by Crippen LogP contribution is -2.40. The number of amides is 2. The molecule has 0 aromatic heterocycles. The molecule has 1 saturated carbocycles. The van der Waals surface area contributed by atoms with Crippen molar-refractivity contribution in [3.8, 4) is 5.75 Å². The summed E-state index contributed by atoms with van der Waals surface area (Å²) in [5.41, 5.74) is 0. The van der Waals surface area contributed by atoms with Crippen LogP contribution in [0.25, 0.3) is 0 Å². The number of benzene rings is 1. The van der Waals surface area contributed by atoms with E-state index in [9.17, 15) is 14.7 Å². The molecule has 3 rings (SSSR count). The second-order valence-corrected chi connectivity index (χ2v) is 6.64. The Morgan fingerprint density at radius 3 is 2.26 bits per heavy atom. The molecule has 0 radical (unpaired) electrons. The number of aliphatic hydroxyl groups is 1. The van der Waals surface area contributed by atoms with Crippen molar-refractivity contribution in [3.05, 3.63) is 29.3 Å². The second kappa shape index (κ2) is 6.89. The van der Waals surface area contributed by atoms with Gasteiger partial charge in [0.15, 0.2) is 0 Å². The van der Waals surface area contributed by atoms with Crippen molar-refractivity contribution in [2.45, 2.75) is 31.8 Å². The van der Waals surface area contributed by atoms with E-state index < -0.39 is 6.10 Å². The maximum absolute atomic E-state index is 12.3. The lowest BCUT2D eigenvalue weighted by atomic mass is 9.81. The Balaban J connectivity index is 1.55. The van der Waals surface area contributed by atoms with Crippen molar-refractivity contribution >= 4 is 23.4 Å². The monoisotopic (exact) mass is 337 g/mol. The highest BCUT2D eigenvalue weighted by molar-refractivity contribution is 6.30. The molecule has 1 aromatic rings. The third-order valence-corrected chi connectivity index (χ3v) is 4.83. The zero-order chi connectivity index (χ0) is 16.4. The van der Waals surface area contributed by atoms with Gasteiger partial charge in [-0.3, -0.25) is 14.5 Å². The van der Waals surface area contributed by atoms with Gasteiger partial charge in [0.25, 0.3) is 0 Å². The molecular formula is C17H20ClNO4. The fourth-order valence-corrected chi connectivity index (χ4v) is 3.52. The van der Waals surface area contributed by atoms with E-state index in [1.807, 2.05) is 0 Å². The van der Waals surface area contributed by atoms with E-state index in [0.717, 1.165) is 25.7 Å². The van der Waals surface area contributed by atoms with Crippen molar-refractivity contribution in [2.75, 3.05) is 13.2 Å². The van der Waals surface area contributed by atoms with E-state index in [0.29, 0.717) is 10.8 Å². The van der Waals surface area contributed by atoms with Crippen LogP contribution in [0.2, 0.25) is 5.02 Å². The normalized spacial score (nSPS) is 25.4. The molecule has 1 N–H and O–H groups in total. The number of imide groups is 1. The first-order chi connectivity index (χ1) is 11.1. The molecule has 3 atom stereocenters. The molecule has 1 heterocycles. The Hall–Kier alpha value is -1.59. The molecule has 5 nitrogen and oxygen atoms in total. The molecule has 0 spiro atoms. The molecule has 1 aliphatic heterocycles. The van der Waals surface area contributed by atoms with Gasteiger partial charge in [0.05, 0.1) is 18.4 Å². The van der Waals surface area contributed by atoms with Crippen LogP contribution < -0.4 is 4.74 Å². The largest absolute Gasteiger partial charge is 0.491 e. The van der Waals surface area contributed by atoms with Gasteiger partial charge in [-0.05, 0) is 37.1 Å². The molecule has 2 fully saturated rings. The average molecular weight is 338 g/mol. The number of hydrogen-bond acceptors (Lipinski definition) is 4. The van der Waals surface area contributed by atoms with Crippen molar-refractivity contribution in [2.24, 2.45) is 11.8 Å². The van der Waals surface area contributed by atoms with Gasteiger partial charge < -0.3 is 9.84 Å². The van der Waals surface area contributed by atoms with Crippen molar-refractivity contribution in [3.63, 3.8) is 0 Å². The number of β-amino-alcohol motifs (C(OH)–C–C–N with tert-alkyl or cyclic N) is 1. The van der Waals surface area contributed by atoms with Crippen LogP contribution in [-0.4, -0.2) is 41.1 Å². The fourth-order valence-electron chi connectivity index (χ4n) is 3.40. The lowest BCUT2D eigenvalue weighted by Gasteiger charge is -2.19. The van der Waals surface area contributed by atoms with Gasteiger partial charge in [-0.25, -0.2) is 0 Å². The number of ether oxygens (including phenoxy) is 1. The zero-order valence-corrected chi connectivity index (χ0v) is 13.5. The van der Waals surface area contributed by atoms with Crippen LogP contribution >= 0.6 is 11.6 Å². The van der Waals surface area contributed by atoms with E-state index >= 15 is 0 Å². The Kier molecular flexibility index (Phi) is 4.87. The van der Waals surface area contributed by atoms with Gasteiger partial charge in [0, 0.05) is 5.02 Å². The first-order valence-corrected chi connectivity index (χ1v) is 8.35. The van der Waals surface area contributed by atoms with Crippen LogP contribution in [0.1, 0.15) is 25.7 Å². The summed E-state index contributed by atoms with van der Waals surface area (Å²) in [6.45, 7) is 0.0201. The molecule has 124 valence electrons. The number of aliphatic hydroxyl groups excluding tert-OH is 1. The molecule has 1 aliphatic carbocycles. The summed E-state index contributed by atoms with van der Waals surface area (Å²) < 4.78 is 5.46. The van der Waals surface area contributed by atoms with Crippen LogP contribution in [0, 0.1) is 11.8 Å². The highest BCUT2D eigenvalue weighted by Gasteiger charge is 2.48. The van der Waals surface area contributed by atoms with Gasteiger partial charge in [-0.2, -0.15) is 0 Å². The summed E-state index contributed by atoms with van der Waals surface area (Å²) in [5, 5.41) is 10.7. The molecular weight excluding hydrogens is 318 g/mol. The topological polar surface area (TPSA) is 66.8 Å². The van der Waals surface area contributed by atoms with Crippen LogP contribution in [-0.2, 0) is 9.59 Å². The number of likely N-dealkylation sites (tertiary alicyclic amines) is 1. The van der Waals surface area contributed by atoms with E-state index in [1.165, 1.54) is 4.90 Å². The number of hydrogen-bond donors (Lipinski definition) is 1. The Labute approximate surface area is 140 Å². The molecule has 0 bridgehead atoms. The summed E-state index contributed by atoms with van der Waals surface area (Å²) in [6.07, 6.45) is 2.65. The molecule has 2 aliphatic rings. The third kappa shape index (κ3) is 3.51. The van der Waals surface area contributed by atoms with Crippen LogP contribution in [0.3, 0.4) is 0 Å². The maximum atomic E-state index is 12.3. The number of rotatable bonds is 5. The average Bonchev–Trinajstić information content (AvgIpc) is 2.80. The van der Waals surface area contributed by atoms with Crippen molar-refractivity contribution in [1.29, 1.82) is 0 Å². The molecule has 1 aromatic carbocycles. The molecule has 1 saturated heterocycles. The van der Waals surface area contributed by atoms with Crippen LogP contribution in [0.5, 0.6) is 5.75 Å². The highest BCUT2D eigenvalue weighted by atomic mass is 35.5. The molecule has 6 heteroatoms. The Bertz CT molecular complexity index is 565. The minimum absolute atomic E-state index is 0.00173. The lowest BCUT2D eigenvalue weighted by molar-refractivity contribution is -0.141. The number of carbonyl (C=O) groups is 2. The van der Waals surface area contributed by atoms with Crippen LogP contribution in [0.15, 0.2) is 24.3 Å². The van der Waals surface area contributed by atoms with Crippen LogP contribution in [0.4, 0.5) is 0 Å². The van der Waals surface area contributed by atoms with Gasteiger partial charge in [0.1, 0.15) is 18.5 Å². The minimum atomic E-state index is -0.904. The first kappa shape index (κ1) is 16.3. The summed E-state index contributed by atoms with van der Waals surface area (Å²) in [7, 11) is 0. The Morgan fingerprint density at radius 2 is 1.70 bits per heavy atom. The quantitative estimate of drug-likeness (QED) is 0.837. The number of carbonyl (C=O) groups excluding carboxylic acids is 2. The summed E-state index contributed by atoms with van der Waals surface area (Å²) >= 11 is 5.79. The summed E-state index contributed by atoms with van der Waals surface area (Å²) in [6, 6.07) is 6.80. The standard InChI is InChI=1S/C17H20ClNO4/c18-11-5-7-13(8-6-11)23-10-12(20)9-19-16(21)14-3-1-2-4-15(14)17(19)22/h5-8,12,14-15,20H,1-4,9-10H2/t12-,14-,15-/m1/s1. The van der Waals surface area contributed by atoms with Gasteiger partial charge >= 0.3 is 0 Å². The predicted octanol–water partition coefficient (Wildman–Crippen LogP) is 2.25. The Morgan fingerprint density at radius 1 is 1.13 bits per heavy atom. The number of fused-ring (bicyclic) bond motifs is 1. The third-order valence-electron chi connectivity index (χ3n) is 4.58. The predicted molar refractivity (Wildman–Crippen MR) is 85.1 cm³/mol. The second-order valence-electron chi connectivity index (χ2n) is 6.20. The summed E-state index contributed by atoms with van der Waals surface area (Å²) in [5.74, 6) is -0.0436. The van der Waals surface area contributed by atoms with Gasteiger partial charge in [-0.1, -0.05) is 24.4 Å².